The highest BCUT2D eigenvalue weighted by atomic mass is 16.5. The molecule has 0 aromatic heterocycles. The molecule has 0 radical (unpaired) electrons. The lowest BCUT2D eigenvalue weighted by atomic mass is 10.0. The van der Waals surface area contributed by atoms with Crippen LogP contribution in [0.25, 0.3) is 0 Å². The van der Waals surface area contributed by atoms with Crippen molar-refractivity contribution in [2.24, 2.45) is 5.73 Å². The smallest absolute Gasteiger partial charge is 0.0616 e. The number of rotatable bonds is 3. The van der Waals surface area contributed by atoms with Crippen LogP contribution in [0.4, 0.5) is 0 Å². The van der Waals surface area contributed by atoms with E-state index in [0.29, 0.717) is 12.6 Å². The summed E-state index contributed by atoms with van der Waals surface area (Å²) in [5.41, 5.74) is 8.09. The third-order valence-corrected chi connectivity index (χ3v) is 2.75. The minimum Gasteiger partial charge on any atom is -0.378 e. The van der Waals surface area contributed by atoms with Crippen molar-refractivity contribution in [3.05, 3.63) is 35.4 Å². The molecule has 2 heteroatoms. The lowest BCUT2D eigenvalue weighted by Crippen LogP contribution is -2.08. The van der Waals surface area contributed by atoms with Gasteiger partial charge in [-0.15, -0.1) is 0 Å². The van der Waals surface area contributed by atoms with E-state index < -0.39 is 0 Å². The topological polar surface area (TPSA) is 35.2 Å². The molecule has 1 unspecified atom stereocenters. The second-order valence-corrected chi connectivity index (χ2v) is 3.86. The van der Waals surface area contributed by atoms with Gasteiger partial charge in [0, 0.05) is 13.2 Å². The van der Waals surface area contributed by atoms with Crippen LogP contribution in [0.1, 0.15) is 24.0 Å². The Morgan fingerprint density at radius 3 is 2.50 bits per heavy atom. The summed E-state index contributed by atoms with van der Waals surface area (Å²) in [6.45, 7) is 1.56. The molecule has 14 heavy (non-hydrogen) atoms. The molecule has 0 amide bonds. The number of hydrogen-bond acceptors (Lipinski definition) is 2. The van der Waals surface area contributed by atoms with Crippen LogP contribution >= 0.6 is 0 Å². The van der Waals surface area contributed by atoms with Crippen molar-refractivity contribution in [1.82, 2.24) is 0 Å². The predicted molar refractivity (Wildman–Crippen MR) is 57.0 cm³/mol. The fraction of sp³-hybridized carbons (Fsp3) is 0.500. The Morgan fingerprint density at radius 2 is 1.93 bits per heavy atom. The third kappa shape index (κ3) is 2.34. The summed E-state index contributed by atoms with van der Waals surface area (Å²) < 4.78 is 5.59. The van der Waals surface area contributed by atoms with E-state index >= 15 is 0 Å². The first-order chi connectivity index (χ1) is 6.88. The van der Waals surface area contributed by atoms with Gasteiger partial charge in [0.25, 0.3) is 0 Å². The average Bonchev–Trinajstić information content (AvgIpc) is 2.72. The summed E-state index contributed by atoms with van der Waals surface area (Å²) in [4.78, 5) is 0. The van der Waals surface area contributed by atoms with Gasteiger partial charge in [0.2, 0.25) is 0 Å². The molecule has 2 N–H and O–H groups in total. The molecule has 2 rings (SSSR count). The van der Waals surface area contributed by atoms with Gasteiger partial charge in [-0.05, 0) is 30.4 Å². The van der Waals surface area contributed by atoms with Gasteiger partial charge in [-0.2, -0.15) is 0 Å². The highest BCUT2D eigenvalue weighted by Gasteiger charge is 2.15. The number of benzene rings is 1. The molecule has 1 aromatic carbocycles. The van der Waals surface area contributed by atoms with Crippen molar-refractivity contribution >= 4 is 0 Å². The number of ether oxygens (including phenoxy) is 1. The molecule has 76 valence electrons. The van der Waals surface area contributed by atoms with Crippen molar-refractivity contribution in [2.75, 3.05) is 6.61 Å². The van der Waals surface area contributed by atoms with Gasteiger partial charge in [0.1, 0.15) is 0 Å². The Bertz CT molecular complexity index is 275. The van der Waals surface area contributed by atoms with Crippen LogP contribution < -0.4 is 5.73 Å². The lowest BCUT2D eigenvalue weighted by Gasteiger charge is -2.09. The molecule has 0 saturated carbocycles. The molecular weight excluding hydrogens is 174 g/mol. The maximum Gasteiger partial charge on any atom is 0.0616 e. The van der Waals surface area contributed by atoms with Crippen LogP contribution in [0.15, 0.2) is 24.3 Å². The van der Waals surface area contributed by atoms with E-state index in [-0.39, 0.29) is 0 Å². The highest BCUT2D eigenvalue weighted by Crippen LogP contribution is 2.17. The van der Waals surface area contributed by atoms with Crippen LogP contribution in [0.2, 0.25) is 0 Å². The first-order valence-corrected chi connectivity index (χ1v) is 5.28. The standard InChI is InChI=1S/C12H17NO/c13-9-11-5-3-10(4-6-11)8-12-2-1-7-14-12/h3-6,12H,1-2,7-9,13H2. The Balaban J connectivity index is 1.95. The summed E-state index contributed by atoms with van der Waals surface area (Å²) in [6.07, 6.45) is 3.91. The monoisotopic (exact) mass is 191 g/mol. The van der Waals surface area contributed by atoms with Crippen LogP contribution in [-0.2, 0) is 17.7 Å². The quantitative estimate of drug-likeness (QED) is 0.791. The molecule has 0 bridgehead atoms. The zero-order chi connectivity index (χ0) is 9.80. The van der Waals surface area contributed by atoms with Crippen molar-refractivity contribution in [3.63, 3.8) is 0 Å². The molecule has 0 aliphatic carbocycles. The van der Waals surface area contributed by atoms with Crippen molar-refractivity contribution in [2.45, 2.75) is 31.9 Å². The van der Waals surface area contributed by atoms with Gasteiger partial charge in [-0.3, -0.25) is 0 Å². The maximum atomic E-state index is 5.59. The molecule has 1 aliphatic heterocycles. The third-order valence-electron chi connectivity index (χ3n) is 2.75. The Hall–Kier alpha value is -0.860. The fourth-order valence-electron chi connectivity index (χ4n) is 1.88. The van der Waals surface area contributed by atoms with Gasteiger partial charge < -0.3 is 10.5 Å². The second kappa shape index (κ2) is 4.58. The van der Waals surface area contributed by atoms with Crippen LogP contribution in [0, 0.1) is 0 Å². The first-order valence-electron chi connectivity index (χ1n) is 5.28. The lowest BCUT2D eigenvalue weighted by molar-refractivity contribution is 0.111. The van der Waals surface area contributed by atoms with Crippen LogP contribution in [0.3, 0.4) is 0 Å². The molecule has 1 aliphatic rings. The minimum absolute atomic E-state index is 0.443. The van der Waals surface area contributed by atoms with E-state index in [0.717, 1.165) is 13.0 Å². The van der Waals surface area contributed by atoms with Crippen molar-refractivity contribution in [1.29, 1.82) is 0 Å². The van der Waals surface area contributed by atoms with Crippen molar-refractivity contribution < 1.29 is 4.74 Å². The Labute approximate surface area is 85.1 Å². The van der Waals surface area contributed by atoms with E-state index in [4.69, 9.17) is 10.5 Å². The van der Waals surface area contributed by atoms with Crippen LogP contribution in [-0.4, -0.2) is 12.7 Å². The summed E-state index contributed by atoms with van der Waals surface area (Å²) in [5.74, 6) is 0. The average molecular weight is 191 g/mol. The van der Waals surface area contributed by atoms with E-state index in [9.17, 15) is 0 Å². The largest absolute Gasteiger partial charge is 0.378 e. The summed E-state index contributed by atoms with van der Waals surface area (Å²) >= 11 is 0. The van der Waals surface area contributed by atoms with Gasteiger partial charge in [0.15, 0.2) is 0 Å². The van der Waals surface area contributed by atoms with Gasteiger partial charge >= 0.3 is 0 Å². The van der Waals surface area contributed by atoms with Gasteiger partial charge in [-0.25, -0.2) is 0 Å². The molecular formula is C12H17NO. The van der Waals surface area contributed by atoms with Gasteiger partial charge in [0.05, 0.1) is 6.10 Å². The zero-order valence-electron chi connectivity index (χ0n) is 8.41. The number of nitrogens with two attached hydrogens (primary N) is 1. The van der Waals surface area contributed by atoms with E-state index in [2.05, 4.69) is 24.3 Å². The minimum atomic E-state index is 0.443. The summed E-state index contributed by atoms with van der Waals surface area (Å²) in [5, 5.41) is 0. The summed E-state index contributed by atoms with van der Waals surface area (Å²) in [6, 6.07) is 8.52. The molecule has 1 aromatic rings. The zero-order valence-corrected chi connectivity index (χ0v) is 8.41. The SMILES string of the molecule is NCc1ccc(CC2CCCO2)cc1. The van der Waals surface area contributed by atoms with Gasteiger partial charge in [-0.1, -0.05) is 24.3 Å². The van der Waals surface area contributed by atoms with E-state index in [1.165, 1.54) is 24.0 Å². The molecule has 1 heterocycles. The molecule has 2 nitrogen and oxygen atoms in total. The summed E-state index contributed by atoms with van der Waals surface area (Å²) in [7, 11) is 0. The first kappa shape index (κ1) is 9.69. The molecule has 0 spiro atoms. The van der Waals surface area contributed by atoms with E-state index in [1.54, 1.807) is 0 Å². The Morgan fingerprint density at radius 1 is 1.21 bits per heavy atom. The van der Waals surface area contributed by atoms with E-state index in [1.807, 2.05) is 0 Å². The van der Waals surface area contributed by atoms with Crippen molar-refractivity contribution in [3.8, 4) is 0 Å². The molecule has 1 saturated heterocycles. The number of hydrogen-bond donors (Lipinski definition) is 1. The highest BCUT2D eigenvalue weighted by molar-refractivity contribution is 5.22. The van der Waals surface area contributed by atoms with Crippen LogP contribution in [0.5, 0.6) is 0 Å². The normalized spacial score (nSPS) is 21.4. The predicted octanol–water partition coefficient (Wildman–Crippen LogP) is 1.87. The second-order valence-electron chi connectivity index (χ2n) is 3.86. The fourth-order valence-corrected chi connectivity index (χ4v) is 1.88. The molecule has 1 atom stereocenters. The molecule has 1 fully saturated rings. The maximum absolute atomic E-state index is 5.59. The Kier molecular flexibility index (Phi) is 3.17.